The van der Waals surface area contributed by atoms with E-state index in [1.54, 1.807) is 24.3 Å². The second-order valence-corrected chi connectivity index (χ2v) is 6.64. The number of ketones is 1. The number of Topliss-reactive ketones (excluding diaryl/α,β-unsaturated/α-hetero) is 1. The van der Waals surface area contributed by atoms with Crippen LogP contribution in [-0.2, 0) is 0 Å². The summed E-state index contributed by atoms with van der Waals surface area (Å²) in [6, 6.07) is 16.6. The monoisotopic (exact) mass is 354 g/mol. The van der Waals surface area contributed by atoms with Crippen molar-refractivity contribution >= 4 is 17.5 Å². The lowest BCUT2D eigenvalue weighted by molar-refractivity contribution is 0.102. The van der Waals surface area contributed by atoms with E-state index in [1.807, 2.05) is 44.2 Å². The summed E-state index contributed by atoms with van der Waals surface area (Å²) in [6.45, 7) is 3.96. The van der Waals surface area contributed by atoms with Gasteiger partial charge >= 0.3 is 0 Å². The molecule has 0 saturated carbocycles. The van der Waals surface area contributed by atoms with Gasteiger partial charge in [0.2, 0.25) is 5.89 Å². The summed E-state index contributed by atoms with van der Waals surface area (Å²) in [5.41, 5.74) is 0.622. The van der Waals surface area contributed by atoms with E-state index in [9.17, 15) is 4.79 Å². The number of thioether (sulfide) groups is 1. The van der Waals surface area contributed by atoms with Gasteiger partial charge in [0, 0.05) is 11.5 Å². The van der Waals surface area contributed by atoms with Crippen molar-refractivity contribution in [1.29, 1.82) is 0 Å². The molecule has 6 heteroatoms. The quantitative estimate of drug-likeness (QED) is 0.441. The van der Waals surface area contributed by atoms with Crippen LogP contribution in [0.2, 0.25) is 0 Å². The van der Waals surface area contributed by atoms with E-state index in [0.29, 0.717) is 22.4 Å². The Morgan fingerprint density at radius 2 is 1.72 bits per heavy atom. The Balaban J connectivity index is 1.56. The van der Waals surface area contributed by atoms with Crippen LogP contribution in [-0.4, -0.2) is 21.7 Å². The molecule has 0 unspecified atom stereocenters. The molecular formula is C19H18N2O3S. The Hall–Kier alpha value is -2.60. The molecule has 0 aliphatic heterocycles. The summed E-state index contributed by atoms with van der Waals surface area (Å²) in [7, 11) is 0. The molecule has 2 aromatic carbocycles. The maximum Gasteiger partial charge on any atom is 0.277 e. The molecular weight excluding hydrogens is 336 g/mol. The van der Waals surface area contributed by atoms with Crippen LogP contribution in [0, 0.1) is 0 Å². The minimum absolute atomic E-state index is 0.000517. The van der Waals surface area contributed by atoms with Crippen molar-refractivity contribution in [3.63, 3.8) is 0 Å². The number of nitrogens with zero attached hydrogens (tertiary/aromatic N) is 2. The van der Waals surface area contributed by atoms with Crippen LogP contribution >= 0.6 is 11.8 Å². The SMILES string of the molecule is CC(C)c1nnc(SCC(=O)c2ccc(Oc3ccccc3)cc2)o1. The highest BCUT2D eigenvalue weighted by atomic mass is 32.2. The van der Waals surface area contributed by atoms with Gasteiger partial charge in [0.25, 0.3) is 5.22 Å². The first-order valence-corrected chi connectivity index (χ1v) is 8.93. The molecule has 0 aliphatic rings. The highest BCUT2D eigenvalue weighted by Crippen LogP contribution is 2.23. The largest absolute Gasteiger partial charge is 0.457 e. The standard InChI is InChI=1S/C19H18N2O3S/c1-13(2)18-20-21-19(24-18)25-12-17(22)14-8-10-16(11-9-14)23-15-6-4-3-5-7-15/h3-11,13H,12H2,1-2H3. The fourth-order valence-electron chi connectivity index (χ4n) is 2.06. The van der Waals surface area contributed by atoms with Gasteiger partial charge in [-0.2, -0.15) is 0 Å². The molecule has 0 spiro atoms. The average Bonchev–Trinajstić information content (AvgIpc) is 3.11. The molecule has 0 saturated heterocycles. The van der Waals surface area contributed by atoms with Crippen LogP contribution in [0.3, 0.4) is 0 Å². The van der Waals surface area contributed by atoms with E-state index in [1.165, 1.54) is 11.8 Å². The van der Waals surface area contributed by atoms with Crippen LogP contribution in [0.4, 0.5) is 0 Å². The highest BCUT2D eigenvalue weighted by Gasteiger charge is 2.13. The smallest absolute Gasteiger partial charge is 0.277 e. The number of aromatic nitrogens is 2. The summed E-state index contributed by atoms with van der Waals surface area (Å²) in [6.07, 6.45) is 0. The summed E-state index contributed by atoms with van der Waals surface area (Å²) < 4.78 is 11.2. The summed E-state index contributed by atoms with van der Waals surface area (Å²) >= 11 is 1.25. The van der Waals surface area contributed by atoms with Crippen molar-refractivity contribution in [1.82, 2.24) is 10.2 Å². The van der Waals surface area contributed by atoms with Gasteiger partial charge in [-0.25, -0.2) is 0 Å². The van der Waals surface area contributed by atoms with Crippen molar-refractivity contribution in [2.24, 2.45) is 0 Å². The van der Waals surface area contributed by atoms with Gasteiger partial charge in [0.05, 0.1) is 5.75 Å². The molecule has 128 valence electrons. The van der Waals surface area contributed by atoms with E-state index in [2.05, 4.69) is 10.2 Å². The fraction of sp³-hybridized carbons (Fsp3) is 0.211. The maximum absolute atomic E-state index is 12.3. The second-order valence-electron chi connectivity index (χ2n) is 5.71. The number of benzene rings is 2. The Bertz CT molecular complexity index is 829. The average molecular weight is 354 g/mol. The molecule has 1 heterocycles. The first-order chi connectivity index (χ1) is 12.1. The number of para-hydroxylation sites is 1. The van der Waals surface area contributed by atoms with Crippen LogP contribution in [0.15, 0.2) is 64.2 Å². The third-order valence-corrected chi connectivity index (χ3v) is 4.22. The minimum atomic E-state index is 0.000517. The van der Waals surface area contributed by atoms with Gasteiger partial charge in [-0.15, -0.1) is 10.2 Å². The lowest BCUT2D eigenvalue weighted by Gasteiger charge is -2.06. The zero-order valence-corrected chi connectivity index (χ0v) is 14.8. The minimum Gasteiger partial charge on any atom is -0.457 e. The summed E-state index contributed by atoms with van der Waals surface area (Å²) in [4.78, 5) is 12.3. The van der Waals surface area contributed by atoms with E-state index >= 15 is 0 Å². The second kappa shape index (κ2) is 7.98. The number of carbonyl (C=O) groups is 1. The van der Waals surface area contributed by atoms with Gasteiger partial charge in [-0.05, 0) is 36.4 Å². The Kier molecular flexibility index (Phi) is 5.50. The van der Waals surface area contributed by atoms with Crippen LogP contribution in [0.25, 0.3) is 0 Å². The number of hydrogen-bond donors (Lipinski definition) is 0. The Morgan fingerprint density at radius 3 is 2.36 bits per heavy atom. The maximum atomic E-state index is 12.3. The van der Waals surface area contributed by atoms with Crippen molar-refractivity contribution in [3.8, 4) is 11.5 Å². The normalized spacial score (nSPS) is 10.8. The molecule has 0 aliphatic carbocycles. The van der Waals surface area contributed by atoms with Crippen molar-refractivity contribution in [3.05, 3.63) is 66.1 Å². The Labute approximate surface area is 150 Å². The topological polar surface area (TPSA) is 65.2 Å². The van der Waals surface area contributed by atoms with E-state index in [0.717, 1.165) is 5.75 Å². The van der Waals surface area contributed by atoms with E-state index in [4.69, 9.17) is 9.15 Å². The van der Waals surface area contributed by atoms with Crippen LogP contribution in [0.5, 0.6) is 11.5 Å². The molecule has 1 aromatic heterocycles. The lowest BCUT2D eigenvalue weighted by Crippen LogP contribution is -2.02. The molecule has 3 aromatic rings. The zero-order valence-electron chi connectivity index (χ0n) is 14.0. The van der Waals surface area contributed by atoms with Gasteiger partial charge < -0.3 is 9.15 Å². The number of carbonyl (C=O) groups excluding carboxylic acids is 1. The first-order valence-electron chi connectivity index (χ1n) is 7.94. The number of hydrogen-bond acceptors (Lipinski definition) is 6. The first kappa shape index (κ1) is 17.2. The van der Waals surface area contributed by atoms with Gasteiger partial charge in [-0.1, -0.05) is 43.8 Å². The zero-order chi connectivity index (χ0) is 17.6. The van der Waals surface area contributed by atoms with Crippen LogP contribution < -0.4 is 4.74 Å². The number of rotatable bonds is 7. The van der Waals surface area contributed by atoms with E-state index in [-0.39, 0.29) is 17.5 Å². The Morgan fingerprint density at radius 1 is 1.04 bits per heavy atom. The van der Waals surface area contributed by atoms with Crippen molar-refractivity contribution in [2.45, 2.75) is 25.0 Å². The predicted molar refractivity (Wildman–Crippen MR) is 96.4 cm³/mol. The molecule has 0 atom stereocenters. The molecule has 0 N–H and O–H groups in total. The molecule has 0 fully saturated rings. The van der Waals surface area contributed by atoms with Crippen molar-refractivity contribution < 1.29 is 13.9 Å². The predicted octanol–water partition coefficient (Wildman–Crippen LogP) is 4.96. The van der Waals surface area contributed by atoms with Gasteiger partial charge in [0.1, 0.15) is 11.5 Å². The van der Waals surface area contributed by atoms with Gasteiger partial charge in [-0.3, -0.25) is 4.79 Å². The molecule has 5 nitrogen and oxygen atoms in total. The molecule has 0 radical (unpaired) electrons. The van der Waals surface area contributed by atoms with Gasteiger partial charge in [0.15, 0.2) is 5.78 Å². The lowest BCUT2D eigenvalue weighted by atomic mass is 10.1. The number of ether oxygens (including phenoxy) is 1. The van der Waals surface area contributed by atoms with Crippen LogP contribution in [0.1, 0.15) is 36.0 Å². The fourth-order valence-corrected chi connectivity index (χ4v) is 2.72. The van der Waals surface area contributed by atoms with E-state index < -0.39 is 0 Å². The highest BCUT2D eigenvalue weighted by molar-refractivity contribution is 7.99. The molecule has 0 bridgehead atoms. The molecule has 0 amide bonds. The third kappa shape index (κ3) is 4.70. The third-order valence-electron chi connectivity index (χ3n) is 3.40. The molecule has 3 rings (SSSR count). The summed E-state index contributed by atoms with van der Waals surface area (Å²) in [5.74, 6) is 2.45. The summed E-state index contributed by atoms with van der Waals surface area (Å²) in [5, 5.41) is 8.31. The molecule has 25 heavy (non-hydrogen) atoms. The van der Waals surface area contributed by atoms with Crippen molar-refractivity contribution in [2.75, 3.05) is 5.75 Å².